The zero-order chi connectivity index (χ0) is 13.9. The van der Waals surface area contributed by atoms with Crippen molar-refractivity contribution < 1.29 is 14.3 Å². The monoisotopic (exact) mass is 257 g/mol. The Morgan fingerprint density at radius 2 is 2.22 bits per heavy atom. The SMILES string of the molecule is CCN(C)C(=O)C(C)NC(=O)C1(C)COCC1N. The van der Waals surface area contributed by atoms with Crippen LogP contribution in [0.3, 0.4) is 0 Å². The van der Waals surface area contributed by atoms with Crippen molar-refractivity contribution in [2.24, 2.45) is 11.1 Å². The van der Waals surface area contributed by atoms with Crippen LogP contribution in [-0.2, 0) is 14.3 Å². The Morgan fingerprint density at radius 1 is 1.61 bits per heavy atom. The van der Waals surface area contributed by atoms with Gasteiger partial charge in [-0.05, 0) is 20.8 Å². The second-order valence-corrected chi connectivity index (χ2v) is 5.09. The second-order valence-electron chi connectivity index (χ2n) is 5.09. The van der Waals surface area contributed by atoms with E-state index in [1.54, 1.807) is 25.8 Å². The molecule has 0 aromatic rings. The van der Waals surface area contributed by atoms with Crippen LogP contribution in [-0.4, -0.2) is 55.6 Å². The van der Waals surface area contributed by atoms with Gasteiger partial charge in [0.1, 0.15) is 6.04 Å². The Morgan fingerprint density at radius 3 is 2.67 bits per heavy atom. The molecule has 0 aliphatic carbocycles. The summed E-state index contributed by atoms with van der Waals surface area (Å²) in [6.07, 6.45) is 0. The number of carbonyl (C=O) groups excluding carboxylic acids is 2. The Bertz CT molecular complexity index is 335. The maximum absolute atomic E-state index is 12.2. The van der Waals surface area contributed by atoms with Crippen LogP contribution < -0.4 is 11.1 Å². The number of nitrogens with one attached hydrogen (secondary N) is 1. The standard InChI is InChI=1S/C12H23N3O3/c1-5-15(4)10(16)8(2)14-11(17)12(3)7-18-6-9(12)13/h8-9H,5-7,13H2,1-4H3,(H,14,17). The van der Waals surface area contributed by atoms with Crippen LogP contribution in [0.15, 0.2) is 0 Å². The molecule has 0 aromatic heterocycles. The van der Waals surface area contributed by atoms with Gasteiger partial charge in [0.25, 0.3) is 0 Å². The summed E-state index contributed by atoms with van der Waals surface area (Å²) < 4.78 is 5.22. The van der Waals surface area contributed by atoms with E-state index in [1.807, 2.05) is 6.92 Å². The van der Waals surface area contributed by atoms with Gasteiger partial charge in [0.2, 0.25) is 11.8 Å². The molecule has 1 heterocycles. The third kappa shape index (κ3) is 2.81. The summed E-state index contributed by atoms with van der Waals surface area (Å²) in [6.45, 7) is 6.61. The van der Waals surface area contributed by atoms with Crippen molar-refractivity contribution in [2.45, 2.75) is 32.9 Å². The van der Waals surface area contributed by atoms with Crippen LogP contribution in [0.5, 0.6) is 0 Å². The van der Waals surface area contributed by atoms with Crippen LogP contribution in [0.2, 0.25) is 0 Å². The summed E-state index contributed by atoms with van der Waals surface area (Å²) in [6, 6.07) is -0.879. The summed E-state index contributed by atoms with van der Waals surface area (Å²) in [4.78, 5) is 25.6. The van der Waals surface area contributed by atoms with Crippen molar-refractivity contribution in [1.82, 2.24) is 10.2 Å². The van der Waals surface area contributed by atoms with E-state index in [2.05, 4.69) is 5.32 Å². The highest BCUT2D eigenvalue weighted by atomic mass is 16.5. The predicted octanol–water partition coefficient (Wildman–Crippen LogP) is -0.667. The molecule has 6 nitrogen and oxygen atoms in total. The maximum atomic E-state index is 12.2. The number of hydrogen-bond donors (Lipinski definition) is 2. The summed E-state index contributed by atoms with van der Waals surface area (Å²) in [5.74, 6) is -0.334. The normalized spacial score (nSPS) is 28.8. The smallest absolute Gasteiger partial charge is 0.244 e. The molecule has 1 saturated heterocycles. The first kappa shape index (κ1) is 14.9. The van der Waals surface area contributed by atoms with Gasteiger partial charge in [-0.15, -0.1) is 0 Å². The molecule has 104 valence electrons. The quantitative estimate of drug-likeness (QED) is 0.700. The van der Waals surface area contributed by atoms with Crippen LogP contribution in [0, 0.1) is 5.41 Å². The lowest BCUT2D eigenvalue weighted by atomic mass is 9.84. The zero-order valence-electron chi connectivity index (χ0n) is 11.5. The number of carbonyl (C=O) groups is 2. The van der Waals surface area contributed by atoms with Crippen molar-refractivity contribution >= 4 is 11.8 Å². The van der Waals surface area contributed by atoms with E-state index in [-0.39, 0.29) is 17.9 Å². The van der Waals surface area contributed by atoms with E-state index in [0.717, 1.165) is 0 Å². The van der Waals surface area contributed by atoms with Gasteiger partial charge in [-0.3, -0.25) is 9.59 Å². The van der Waals surface area contributed by atoms with E-state index >= 15 is 0 Å². The fourth-order valence-corrected chi connectivity index (χ4v) is 1.83. The molecule has 3 atom stereocenters. The average Bonchev–Trinajstić information content (AvgIpc) is 2.68. The minimum atomic E-state index is -0.751. The average molecular weight is 257 g/mol. The number of amides is 2. The number of nitrogens with zero attached hydrogens (tertiary/aromatic N) is 1. The first-order chi connectivity index (χ1) is 8.32. The second kappa shape index (κ2) is 5.67. The minimum absolute atomic E-state index is 0.109. The fourth-order valence-electron chi connectivity index (χ4n) is 1.83. The highest BCUT2D eigenvalue weighted by Gasteiger charge is 2.45. The lowest BCUT2D eigenvalue weighted by Crippen LogP contribution is -2.54. The fraction of sp³-hybridized carbons (Fsp3) is 0.833. The molecule has 3 N–H and O–H groups in total. The van der Waals surface area contributed by atoms with E-state index in [1.165, 1.54) is 0 Å². The number of ether oxygens (including phenoxy) is 1. The molecule has 1 fully saturated rings. The van der Waals surface area contributed by atoms with Crippen LogP contribution >= 0.6 is 0 Å². The van der Waals surface area contributed by atoms with Crippen LogP contribution in [0.4, 0.5) is 0 Å². The minimum Gasteiger partial charge on any atom is -0.379 e. The van der Waals surface area contributed by atoms with Crippen molar-refractivity contribution in [3.63, 3.8) is 0 Å². The molecule has 0 saturated carbocycles. The van der Waals surface area contributed by atoms with Crippen molar-refractivity contribution in [3.8, 4) is 0 Å². The first-order valence-electron chi connectivity index (χ1n) is 6.22. The number of likely N-dealkylation sites (N-methyl/N-ethyl adjacent to an activating group) is 1. The zero-order valence-corrected chi connectivity index (χ0v) is 11.5. The number of hydrogen-bond acceptors (Lipinski definition) is 4. The molecule has 3 unspecified atom stereocenters. The van der Waals surface area contributed by atoms with Crippen LogP contribution in [0.25, 0.3) is 0 Å². The molecular weight excluding hydrogens is 234 g/mol. The van der Waals surface area contributed by atoms with Crippen LogP contribution in [0.1, 0.15) is 20.8 Å². The lowest BCUT2D eigenvalue weighted by Gasteiger charge is -2.28. The number of rotatable bonds is 4. The van der Waals surface area contributed by atoms with Gasteiger partial charge in [-0.2, -0.15) is 0 Å². The van der Waals surface area contributed by atoms with Crippen molar-refractivity contribution in [1.29, 1.82) is 0 Å². The Labute approximate surface area is 108 Å². The van der Waals surface area contributed by atoms with E-state index < -0.39 is 11.5 Å². The van der Waals surface area contributed by atoms with Gasteiger partial charge >= 0.3 is 0 Å². The first-order valence-corrected chi connectivity index (χ1v) is 6.22. The van der Waals surface area contributed by atoms with Gasteiger partial charge in [-0.25, -0.2) is 0 Å². The summed E-state index contributed by atoms with van der Waals surface area (Å²) in [7, 11) is 1.71. The molecule has 0 radical (unpaired) electrons. The van der Waals surface area contributed by atoms with E-state index in [9.17, 15) is 9.59 Å². The third-order valence-electron chi connectivity index (χ3n) is 3.60. The largest absolute Gasteiger partial charge is 0.379 e. The predicted molar refractivity (Wildman–Crippen MR) is 67.8 cm³/mol. The van der Waals surface area contributed by atoms with Gasteiger partial charge in [-0.1, -0.05) is 0 Å². The number of nitrogens with two attached hydrogens (primary N) is 1. The van der Waals surface area contributed by atoms with Crippen molar-refractivity contribution in [2.75, 3.05) is 26.8 Å². The van der Waals surface area contributed by atoms with Gasteiger partial charge in [0.15, 0.2) is 0 Å². The highest BCUT2D eigenvalue weighted by molar-refractivity contribution is 5.90. The molecule has 1 aliphatic rings. The molecule has 0 aromatic carbocycles. The summed E-state index contributed by atoms with van der Waals surface area (Å²) in [5, 5.41) is 2.72. The maximum Gasteiger partial charge on any atom is 0.244 e. The molecule has 18 heavy (non-hydrogen) atoms. The molecular formula is C12H23N3O3. The van der Waals surface area contributed by atoms with Gasteiger partial charge in [0, 0.05) is 19.6 Å². The topological polar surface area (TPSA) is 84.7 Å². The summed E-state index contributed by atoms with van der Waals surface area (Å²) in [5.41, 5.74) is 5.12. The van der Waals surface area contributed by atoms with Gasteiger partial charge < -0.3 is 20.7 Å². The highest BCUT2D eigenvalue weighted by Crippen LogP contribution is 2.27. The molecule has 6 heteroatoms. The van der Waals surface area contributed by atoms with Gasteiger partial charge in [0.05, 0.1) is 18.6 Å². The molecule has 1 aliphatic heterocycles. The Hall–Kier alpha value is -1.14. The van der Waals surface area contributed by atoms with E-state index in [0.29, 0.717) is 19.8 Å². The lowest BCUT2D eigenvalue weighted by molar-refractivity contribution is -0.138. The van der Waals surface area contributed by atoms with E-state index in [4.69, 9.17) is 10.5 Å². The Kier molecular flexibility index (Phi) is 4.70. The molecule has 0 bridgehead atoms. The molecule has 2 amide bonds. The molecule has 1 rings (SSSR count). The summed E-state index contributed by atoms with van der Waals surface area (Å²) >= 11 is 0. The van der Waals surface area contributed by atoms with Crippen molar-refractivity contribution in [3.05, 3.63) is 0 Å². The Balaban J connectivity index is 2.62. The molecule has 0 spiro atoms. The third-order valence-corrected chi connectivity index (χ3v) is 3.60.